The van der Waals surface area contributed by atoms with Crippen LogP contribution in [-0.2, 0) is 0 Å². The minimum Gasteiger partial charge on any atom is -0.454 e. The first-order chi connectivity index (χ1) is 20.7. The quantitative estimate of drug-likeness (QED) is 0.211. The average molecular weight is 538 g/mol. The van der Waals surface area contributed by atoms with Crippen LogP contribution in [0.3, 0.4) is 0 Å². The minimum absolute atomic E-state index is 0.448. The lowest BCUT2D eigenvalue weighted by Crippen LogP contribution is -1.98. The van der Waals surface area contributed by atoms with Gasteiger partial charge in [-0.1, -0.05) is 54.6 Å². The van der Waals surface area contributed by atoms with Crippen molar-refractivity contribution in [2.45, 2.75) is 0 Å². The molecule has 0 unspecified atom stereocenters. The third-order valence-electron chi connectivity index (χ3n) is 7.74. The molecular weight excluding hydrogens is 518 g/mol. The molecule has 0 aliphatic rings. The highest BCUT2D eigenvalue weighted by Gasteiger charge is 2.21. The summed E-state index contributed by atoms with van der Waals surface area (Å²) in [6.45, 7) is 7.78. The Morgan fingerprint density at radius 3 is 2.26 bits per heavy atom. The van der Waals surface area contributed by atoms with Crippen molar-refractivity contribution in [3.63, 3.8) is 0 Å². The van der Waals surface area contributed by atoms with Gasteiger partial charge in [0.2, 0.25) is 5.69 Å². The Kier molecular flexibility index (Phi) is 5.15. The van der Waals surface area contributed by atoms with E-state index in [1.807, 2.05) is 48.5 Å². The molecule has 42 heavy (non-hydrogen) atoms. The van der Waals surface area contributed by atoms with Gasteiger partial charge in [0.05, 0.1) is 34.6 Å². The van der Waals surface area contributed by atoms with Gasteiger partial charge in [0.15, 0.2) is 5.58 Å². The molecule has 0 amide bonds. The van der Waals surface area contributed by atoms with Crippen LogP contribution in [0.5, 0.6) is 0 Å². The van der Waals surface area contributed by atoms with Crippen molar-refractivity contribution in [1.29, 1.82) is 5.26 Å². The molecule has 0 aliphatic carbocycles. The van der Waals surface area contributed by atoms with Crippen LogP contribution in [0, 0.1) is 17.9 Å². The van der Waals surface area contributed by atoms with E-state index in [0.717, 1.165) is 60.6 Å². The average Bonchev–Trinajstić information content (AvgIpc) is 3.60. The maximum absolute atomic E-state index is 9.91. The van der Waals surface area contributed by atoms with Gasteiger partial charge in [-0.15, -0.1) is 0 Å². The van der Waals surface area contributed by atoms with Crippen molar-refractivity contribution in [3.05, 3.63) is 133 Å². The number of benzene rings is 4. The highest BCUT2D eigenvalue weighted by Crippen LogP contribution is 2.42. The van der Waals surface area contributed by atoms with Gasteiger partial charge >= 0.3 is 0 Å². The maximum atomic E-state index is 9.91. The van der Waals surface area contributed by atoms with Gasteiger partial charge < -0.3 is 8.98 Å². The molecule has 0 atom stereocenters. The Balaban J connectivity index is 1.54. The van der Waals surface area contributed by atoms with Gasteiger partial charge in [0.25, 0.3) is 0 Å². The van der Waals surface area contributed by atoms with E-state index < -0.39 is 0 Å². The molecule has 0 fully saturated rings. The van der Waals surface area contributed by atoms with Gasteiger partial charge in [-0.2, -0.15) is 5.26 Å². The second-order valence-electron chi connectivity index (χ2n) is 10.1. The molecule has 0 aliphatic heterocycles. The van der Waals surface area contributed by atoms with Crippen LogP contribution in [-0.4, -0.2) is 14.5 Å². The van der Waals surface area contributed by atoms with Gasteiger partial charge in [-0.25, -0.2) is 4.85 Å². The van der Waals surface area contributed by atoms with Crippen molar-refractivity contribution in [1.82, 2.24) is 14.5 Å². The minimum atomic E-state index is 0.448. The zero-order valence-electron chi connectivity index (χ0n) is 22.1. The summed E-state index contributed by atoms with van der Waals surface area (Å²) >= 11 is 0. The number of fused-ring (bicyclic) bond motifs is 7. The molecule has 4 heterocycles. The Morgan fingerprint density at radius 1 is 0.714 bits per heavy atom. The SMILES string of the molecule is [C-]#[N+]c1cccnc1-c1cc(-c2ncccc2C#N)cc(-n2c3ccccc3c3ccc4c5ccccc5oc4c32)c1. The fourth-order valence-corrected chi connectivity index (χ4v) is 5.95. The summed E-state index contributed by atoms with van der Waals surface area (Å²) in [7, 11) is 0. The first kappa shape index (κ1) is 23.6. The fraction of sp³-hybridized carbons (Fsp3) is 0. The van der Waals surface area contributed by atoms with E-state index in [0.29, 0.717) is 22.6 Å². The number of rotatable bonds is 3. The Bertz CT molecular complexity index is 2380. The fourth-order valence-electron chi connectivity index (χ4n) is 5.95. The molecule has 0 N–H and O–H groups in total. The molecule has 0 radical (unpaired) electrons. The number of pyridine rings is 2. The molecule has 194 valence electrons. The lowest BCUT2D eigenvalue weighted by molar-refractivity contribution is 0.671. The molecule has 0 spiro atoms. The van der Waals surface area contributed by atoms with Crippen LogP contribution in [0.1, 0.15) is 5.56 Å². The van der Waals surface area contributed by atoms with Crippen molar-refractivity contribution < 1.29 is 4.42 Å². The summed E-state index contributed by atoms with van der Waals surface area (Å²) in [5.74, 6) is 0. The van der Waals surface area contributed by atoms with Gasteiger partial charge in [0.1, 0.15) is 11.7 Å². The number of nitrogens with zero attached hydrogens (tertiary/aromatic N) is 5. The molecule has 6 heteroatoms. The lowest BCUT2D eigenvalue weighted by Gasteiger charge is -2.14. The van der Waals surface area contributed by atoms with E-state index in [-0.39, 0.29) is 0 Å². The van der Waals surface area contributed by atoms with Crippen molar-refractivity contribution >= 4 is 49.4 Å². The molecule has 0 saturated carbocycles. The number of furan rings is 1. The van der Waals surface area contributed by atoms with Crippen molar-refractivity contribution in [2.24, 2.45) is 0 Å². The zero-order chi connectivity index (χ0) is 28.2. The molecule has 8 rings (SSSR count). The summed E-state index contributed by atoms with van der Waals surface area (Å²) in [6, 6.07) is 36.0. The Labute approximate surface area is 240 Å². The smallest absolute Gasteiger partial charge is 0.212 e. The molecule has 0 bridgehead atoms. The van der Waals surface area contributed by atoms with E-state index in [1.165, 1.54) is 0 Å². The zero-order valence-corrected chi connectivity index (χ0v) is 22.1. The summed E-state index contributed by atoms with van der Waals surface area (Å²) in [6.07, 6.45) is 3.38. The summed E-state index contributed by atoms with van der Waals surface area (Å²) in [5, 5.41) is 14.2. The van der Waals surface area contributed by atoms with Crippen molar-refractivity contribution in [2.75, 3.05) is 0 Å². The second-order valence-corrected chi connectivity index (χ2v) is 10.1. The first-order valence-electron chi connectivity index (χ1n) is 13.4. The van der Waals surface area contributed by atoms with E-state index >= 15 is 0 Å². The highest BCUT2D eigenvalue weighted by molar-refractivity contribution is 6.21. The van der Waals surface area contributed by atoms with Gasteiger partial charge in [-0.3, -0.25) is 9.97 Å². The number of aromatic nitrogens is 3. The molecule has 8 aromatic rings. The van der Waals surface area contributed by atoms with E-state index in [9.17, 15) is 5.26 Å². The molecular formula is C36H19N5O. The van der Waals surface area contributed by atoms with Crippen LogP contribution >= 0.6 is 0 Å². The number of para-hydroxylation sites is 2. The maximum Gasteiger partial charge on any atom is 0.212 e. The van der Waals surface area contributed by atoms with E-state index in [1.54, 1.807) is 36.7 Å². The van der Waals surface area contributed by atoms with E-state index in [2.05, 4.69) is 55.8 Å². The van der Waals surface area contributed by atoms with Crippen molar-refractivity contribution in [3.8, 4) is 34.3 Å². The lowest BCUT2D eigenvalue weighted by atomic mass is 10.00. The normalized spacial score (nSPS) is 11.3. The van der Waals surface area contributed by atoms with E-state index in [4.69, 9.17) is 11.0 Å². The monoisotopic (exact) mass is 537 g/mol. The predicted octanol–water partition coefficient (Wildman–Crippen LogP) is 9.23. The third-order valence-corrected chi connectivity index (χ3v) is 7.74. The number of nitriles is 1. The predicted molar refractivity (Wildman–Crippen MR) is 165 cm³/mol. The van der Waals surface area contributed by atoms with Crippen LogP contribution < -0.4 is 0 Å². The molecule has 4 aromatic heterocycles. The standard InChI is InChI=1S/C36H19N5O/c1-38-30-11-7-17-40-34(30)24-18-23(33-22(21-37)8-6-16-39-33)19-25(20-24)41-31-12-4-2-9-26(31)28-14-15-29-27-10-3-5-13-32(27)42-36(29)35(28)41/h2-20H. The first-order valence-corrected chi connectivity index (χ1v) is 13.4. The van der Waals surface area contributed by atoms with Gasteiger partial charge in [-0.05, 0) is 54.1 Å². The molecule has 0 saturated heterocycles. The third kappa shape index (κ3) is 3.43. The van der Waals surface area contributed by atoms with Crippen LogP contribution in [0.2, 0.25) is 0 Å². The summed E-state index contributed by atoms with van der Waals surface area (Å²) < 4.78 is 8.74. The Hall–Kier alpha value is -6.24. The summed E-state index contributed by atoms with van der Waals surface area (Å²) in [5.41, 5.74) is 7.99. The van der Waals surface area contributed by atoms with Crippen LogP contribution in [0.15, 0.2) is 120 Å². The van der Waals surface area contributed by atoms with Gasteiger partial charge in [0, 0.05) is 45.2 Å². The van der Waals surface area contributed by atoms with Crippen LogP contribution in [0.4, 0.5) is 5.69 Å². The van der Waals surface area contributed by atoms with Crippen LogP contribution in [0.25, 0.3) is 76.8 Å². The largest absolute Gasteiger partial charge is 0.454 e. The summed E-state index contributed by atoms with van der Waals surface area (Å²) in [4.78, 5) is 12.9. The number of hydrogen-bond acceptors (Lipinski definition) is 4. The Morgan fingerprint density at radius 2 is 1.43 bits per heavy atom. The molecule has 6 nitrogen and oxygen atoms in total. The second kappa shape index (κ2) is 9.16. The number of hydrogen-bond donors (Lipinski definition) is 0. The molecule has 4 aromatic carbocycles. The highest BCUT2D eigenvalue weighted by atomic mass is 16.3. The topological polar surface area (TPSA) is 72.0 Å².